The molecular formula is C30H45N5O2S. The summed E-state index contributed by atoms with van der Waals surface area (Å²) in [5, 5.41) is 19.4. The number of para-hydroxylation sites is 1. The van der Waals surface area contributed by atoms with Crippen molar-refractivity contribution in [2.45, 2.75) is 106 Å². The van der Waals surface area contributed by atoms with Gasteiger partial charge in [-0.1, -0.05) is 62.1 Å². The van der Waals surface area contributed by atoms with Gasteiger partial charge in [-0.15, -0.1) is 0 Å². The van der Waals surface area contributed by atoms with Crippen LogP contribution in [0.25, 0.3) is 5.69 Å². The van der Waals surface area contributed by atoms with E-state index in [2.05, 4.69) is 10.6 Å². The summed E-state index contributed by atoms with van der Waals surface area (Å²) in [5.41, 5.74) is 2.50. The van der Waals surface area contributed by atoms with Gasteiger partial charge in [0, 0.05) is 37.3 Å². The summed E-state index contributed by atoms with van der Waals surface area (Å²) in [5.74, 6) is 0. The van der Waals surface area contributed by atoms with Gasteiger partial charge in [-0.2, -0.15) is 0 Å². The van der Waals surface area contributed by atoms with Gasteiger partial charge in [-0.25, -0.2) is 4.98 Å². The number of unbranched alkanes of at least 4 members (excludes halogenated alkanes) is 2. The van der Waals surface area contributed by atoms with Crippen molar-refractivity contribution in [1.82, 2.24) is 25.1 Å². The Morgan fingerprint density at radius 1 is 1.00 bits per heavy atom. The van der Waals surface area contributed by atoms with Gasteiger partial charge in [0.05, 0.1) is 16.9 Å². The van der Waals surface area contributed by atoms with Crippen LogP contribution in [0.1, 0.15) is 81.9 Å². The number of thioether (sulfide) groups is 1. The lowest BCUT2D eigenvalue weighted by molar-refractivity contribution is -0.00526. The molecule has 1 aromatic heterocycles. The molecule has 3 N–H and O–H groups in total. The maximum atomic E-state index is 13.8. The minimum atomic E-state index is -0.607. The number of hydrogen-bond donors (Lipinski definition) is 3. The van der Waals surface area contributed by atoms with E-state index in [9.17, 15) is 9.90 Å². The molecule has 2 saturated carbocycles. The van der Waals surface area contributed by atoms with Gasteiger partial charge >= 0.3 is 0 Å². The van der Waals surface area contributed by atoms with Crippen molar-refractivity contribution < 1.29 is 5.11 Å². The third kappa shape index (κ3) is 7.27. The molecule has 0 saturated heterocycles. The Balaban J connectivity index is 1.11. The van der Waals surface area contributed by atoms with Crippen LogP contribution in [0.15, 0.2) is 40.3 Å². The third-order valence-corrected chi connectivity index (χ3v) is 9.67. The van der Waals surface area contributed by atoms with Crippen molar-refractivity contribution in [2.24, 2.45) is 0 Å². The molecule has 2 fully saturated rings. The highest BCUT2D eigenvalue weighted by molar-refractivity contribution is 7.99. The fraction of sp³-hybridized carbons (Fsp3) is 0.667. The maximum absolute atomic E-state index is 13.8. The highest BCUT2D eigenvalue weighted by atomic mass is 32.2. The molecule has 0 spiro atoms. The van der Waals surface area contributed by atoms with Crippen molar-refractivity contribution in [3.63, 3.8) is 0 Å². The summed E-state index contributed by atoms with van der Waals surface area (Å²) in [6, 6.07) is 10.6. The van der Waals surface area contributed by atoms with Gasteiger partial charge < -0.3 is 15.7 Å². The van der Waals surface area contributed by atoms with Crippen LogP contribution >= 0.6 is 11.8 Å². The molecule has 208 valence electrons. The molecule has 5 rings (SSSR count). The lowest BCUT2D eigenvalue weighted by Crippen LogP contribution is -2.47. The highest BCUT2D eigenvalue weighted by Crippen LogP contribution is 2.36. The van der Waals surface area contributed by atoms with E-state index < -0.39 is 6.23 Å². The molecule has 2 heterocycles. The first kappa shape index (κ1) is 27.8. The Morgan fingerprint density at radius 2 is 1.79 bits per heavy atom. The lowest BCUT2D eigenvalue weighted by atomic mass is 9.95. The standard InChI is InChI=1S/C30H45N5O2S/c36-28(21-31-18-8-3-9-19-32-23-11-4-1-5-12-23)34-20-17-27-26(22-34)29(37)35(24-13-6-2-7-14-24)30(33-27)38-25-15-10-16-25/h2,6-7,13-14,23,25,28,31-32,36H,1,3-5,8-12,15-22H2/t28-/m1/s1. The molecule has 7 nitrogen and oxygen atoms in total. The van der Waals surface area contributed by atoms with E-state index in [0.717, 1.165) is 54.2 Å². The van der Waals surface area contributed by atoms with E-state index in [0.29, 0.717) is 24.8 Å². The van der Waals surface area contributed by atoms with Crippen LogP contribution in [0.3, 0.4) is 0 Å². The number of aliphatic hydroxyl groups excluding tert-OH is 1. The van der Waals surface area contributed by atoms with Crippen LogP contribution in [0.4, 0.5) is 0 Å². The van der Waals surface area contributed by atoms with Crippen LogP contribution in [0.2, 0.25) is 0 Å². The molecule has 0 bridgehead atoms. The average Bonchev–Trinajstić information content (AvgIpc) is 2.93. The molecular weight excluding hydrogens is 494 g/mol. The molecule has 3 aliphatic rings. The Kier molecular flexibility index (Phi) is 10.3. The lowest BCUT2D eigenvalue weighted by Gasteiger charge is -2.33. The number of nitrogens with zero attached hydrogens (tertiary/aromatic N) is 3. The molecule has 1 atom stereocenters. The predicted octanol–water partition coefficient (Wildman–Crippen LogP) is 4.24. The monoisotopic (exact) mass is 539 g/mol. The summed E-state index contributed by atoms with van der Waals surface area (Å²) in [7, 11) is 0. The molecule has 2 aromatic rings. The van der Waals surface area contributed by atoms with Gasteiger partial charge in [-0.3, -0.25) is 14.3 Å². The quantitative estimate of drug-likeness (QED) is 0.260. The number of nitrogens with one attached hydrogen (secondary N) is 2. The van der Waals surface area contributed by atoms with Crippen LogP contribution in [-0.4, -0.2) is 63.3 Å². The molecule has 2 aliphatic carbocycles. The molecule has 8 heteroatoms. The Bertz CT molecular complexity index is 1070. The second-order valence-corrected chi connectivity index (χ2v) is 12.5. The first-order valence-electron chi connectivity index (χ1n) is 14.9. The fourth-order valence-corrected chi connectivity index (χ4v) is 7.10. The largest absolute Gasteiger partial charge is 0.377 e. The summed E-state index contributed by atoms with van der Waals surface area (Å²) in [6.45, 7) is 3.71. The van der Waals surface area contributed by atoms with Crippen molar-refractivity contribution in [1.29, 1.82) is 0 Å². The number of aliphatic hydroxyl groups is 1. The number of aromatic nitrogens is 2. The summed E-state index contributed by atoms with van der Waals surface area (Å²) in [4.78, 5) is 20.8. The summed E-state index contributed by atoms with van der Waals surface area (Å²) >= 11 is 1.75. The number of hydrogen-bond acceptors (Lipinski definition) is 7. The van der Waals surface area contributed by atoms with E-state index >= 15 is 0 Å². The van der Waals surface area contributed by atoms with E-state index in [1.807, 2.05) is 35.2 Å². The second-order valence-electron chi connectivity index (χ2n) is 11.2. The van der Waals surface area contributed by atoms with Crippen molar-refractivity contribution in [3.8, 4) is 5.69 Å². The fourth-order valence-electron chi connectivity index (χ4n) is 5.78. The van der Waals surface area contributed by atoms with Gasteiger partial charge in [0.25, 0.3) is 5.56 Å². The summed E-state index contributed by atoms with van der Waals surface area (Å²) < 4.78 is 1.79. The van der Waals surface area contributed by atoms with Crippen LogP contribution in [0, 0.1) is 0 Å². The average molecular weight is 540 g/mol. The minimum Gasteiger partial charge on any atom is -0.377 e. The predicted molar refractivity (Wildman–Crippen MR) is 155 cm³/mol. The zero-order valence-electron chi connectivity index (χ0n) is 22.7. The van der Waals surface area contributed by atoms with E-state index in [1.54, 1.807) is 16.3 Å². The first-order valence-corrected chi connectivity index (χ1v) is 15.8. The molecule has 0 radical (unpaired) electrons. The number of benzene rings is 1. The van der Waals surface area contributed by atoms with Crippen molar-refractivity contribution in [2.75, 3.05) is 26.2 Å². The van der Waals surface area contributed by atoms with E-state index in [1.165, 1.54) is 64.2 Å². The minimum absolute atomic E-state index is 0.00900. The van der Waals surface area contributed by atoms with Gasteiger partial charge in [-0.05, 0) is 63.7 Å². The van der Waals surface area contributed by atoms with E-state index in [4.69, 9.17) is 4.98 Å². The number of fused-ring (bicyclic) bond motifs is 1. The Hall–Kier alpha value is -1.71. The molecule has 0 unspecified atom stereocenters. The second kappa shape index (κ2) is 14.1. The number of rotatable bonds is 13. The van der Waals surface area contributed by atoms with Crippen molar-refractivity contribution in [3.05, 3.63) is 51.9 Å². The van der Waals surface area contributed by atoms with Crippen LogP contribution < -0.4 is 16.2 Å². The Morgan fingerprint density at radius 3 is 2.55 bits per heavy atom. The third-order valence-electron chi connectivity index (χ3n) is 8.38. The highest BCUT2D eigenvalue weighted by Gasteiger charge is 2.29. The smallest absolute Gasteiger partial charge is 0.263 e. The summed E-state index contributed by atoms with van der Waals surface area (Å²) in [6.07, 6.45) is 14.1. The van der Waals surface area contributed by atoms with E-state index in [-0.39, 0.29) is 5.56 Å². The Labute approximate surface area is 231 Å². The maximum Gasteiger partial charge on any atom is 0.263 e. The van der Waals surface area contributed by atoms with Gasteiger partial charge in [0.1, 0.15) is 6.23 Å². The molecule has 1 aliphatic heterocycles. The van der Waals surface area contributed by atoms with Gasteiger partial charge in [0.15, 0.2) is 5.16 Å². The normalized spacial score (nSPS) is 19.7. The zero-order valence-corrected chi connectivity index (χ0v) is 23.6. The van der Waals surface area contributed by atoms with Crippen molar-refractivity contribution >= 4 is 11.8 Å². The van der Waals surface area contributed by atoms with Gasteiger partial charge in [0.2, 0.25) is 0 Å². The SMILES string of the molecule is O=c1c2c(nc(SC3CCC3)n1-c1ccccc1)CCN([C@H](O)CNCCCCCNC1CCCCC1)C2. The van der Waals surface area contributed by atoms with Crippen LogP contribution in [0.5, 0.6) is 0 Å². The molecule has 38 heavy (non-hydrogen) atoms. The zero-order chi connectivity index (χ0) is 26.2. The molecule has 0 amide bonds. The molecule has 1 aromatic carbocycles. The van der Waals surface area contributed by atoms with Crippen LogP contribution in [-0.2, 0) is 13.0 Å². The topological polar surface area (TPSA) is 82.4 Å². The first-order chi connectivity index (χ1) is 18.7.